The van der Waals surface area contributed by atoms with Gasteiger partial charge < -0.3 is 18.6 Å². The first-order chi connectivity index (χ1) is 13.6. The van der Waals surface area contributed by atoms with Crippen molar-refractivity contribution in [3.8, 4) is 23.0 Å². The number of hydrogen-bond acceptors (Lipinski definition) is 7. The van der Waals surface area contributed by atoms with E-state index in [-0.39, 0.29) is 5.89 Å². The quantitative estimate of drug-likeness (QED) is 0.629. The van der Waals surface area contributed by atoms with Crippen molar-refractivity contribution < 1.29 is 23.4 Å². The van der Waals surface area contributed by atoms with Crippen LogP contribution in [0, 0.1) is 6.92 Å². The number of rotatable bonds is 4. The molecule has 0 bridgehead atoms. The molecule has 0 N–H and O–H groups in total. The first-order valence-corrected chi connectivity index (χ1v) is 9.11. The van der Waals surface area contributed by atoms with Crippen LogP contribution in [-0.2, 0) is 4.74 Å². The lowest BCUT2D eigenvalue weighted by atomic mass is 10.1. The van der Waals surface area contributed by atoms with Crippen molar-refractivity contribution in [3.63, 3.8) is 0 Å². The maximum atomic E-state index is 12.5. The molecule has 0 saturated heterocycles. The standard InChI is InChI=1S/C21H20N2O5/c1-13-5-3-6-15(11-13)20-23-22-19(28-20)14(2)27-21(24)16-7-8-17-18(12-16)26-10-4-9-25-17/h3,5-8,11-12,14H,4,9-10H2,1-2H3/t14-/m0/s1. The molecule has 0 fully saturated rings. The van der Waals surface area contributed by atoms with Gasteiger partial charge >= 0.3 is 5.97 Å². The van der Waals surface area contributed by atoms with Gasteiger partial charge in [-0.3, -0.25) is 0 Å². The monoisotopic (exact) mass is 380 g/mol. The summed E-state index contributed by atoms with van der Waals surface area (Å²) >= 11 is 0. The van der Waals surface area contributed by atoms with Gasteiger partial charge in [-0.25, -0.2) is 4.79 Å². The Morgan fingerprint density at radius 1 is 1.07 bits per heavy atom. The SMILES string of the molecule is Cc1cccc(-c2nnc([C@H](C)OC(=O)c3ccc4c(c3)OCCCO4)o2)c1. The highest BCUT2D eigenvalue weighted by molar-refractivity contribution is 5.90. The van der Waals surface area contributed by atoms with Gasteiger partial charge in [-0.1, -0.05) is 17.7 Å². The Kier molecular flexibility index (Phi) is 4.97. The minimum Gasteiger partial charge on any atom is -0.490 e. The highest BCUT2D eigenvalue weighted by atomic mass is 16.6. The highest BCUT2D eigenvalue weighted by Gasteiger charge is 2.21. The third-order valence-electron chi connectivity index (χ3n) is 4.32. The second-order valence-electron chi connectivity index (χ2n) is 6.57. The summed E-state index contributed by atoms with van der Waals surface area (Å²) < 4.78 is 22.4. The largest absolute Gasteiger partial charge is 0.490 e. The molecular weight excluding hydrogens is 360 g/mol. The van der Waals surface area contributed by atoms with Crippen LogP contribution in [0.3, 0.4) is 0 Å². The molecule has 2 heterocycles. The smallest absolute Gasteiger partial charge is 0.339 e. The first kappa shape index (κ1) is 18.0. The van der Waals surface area contributed by atoms with Crippen LogP contribution in [0.25, 0.3) is 11.5 Å². The number of aryl methyl sites for hydroxylation is 1. The predicted molar refractivity (Wildman–Crippen MR) is 100 cm³/mol. The average molecular weight is 380 g/mol. The van der Waals surface area contributed by atoms with Gasteiger partial charge in [0.1, 0.15) is 0 Å². The van der Waals surface area contributed by atoms with Crippen molar-refractivity contribution in [2.24, 2.45) is 0 Å². The number of aromatic nitrogens is 2. The molecule has 28 heavy (non-hydrogen) atoms. The van der Waals surface area contributed by atoms with Crippen LogP contribution in [0.1, 0.15) is 41.3 Å². The zero-order chi connectivity index (χ0) is 19.5. The van der Waals surface area contributed by atoms with Gasteiger partial charge in [0.25, 0.3) is 5.89 Å². The van der Waals surface area contributed by atoms with Gasteiger partial charge in [0.05, 0.1) is 18.8 Å². The van der Waals surface area contributed by atoms with Gasteiger partial charge in [-0.15, -0.1) is 10.2 Å². The van der Waals surface area contributed by atoms with Gasteiger partial charge in [0, 0.05) is 12.0 Å². The fourth-order valence-corrected chi connectivity index (χ4v) is 2.86. The topological polar surface area (TPSA) is 83.7 Å². The number of ether oxygens (including phenoxy) is 3. The minimum absolute atomic E-state index is 0.235. The zero-order valence-corrected chi connectivity index (χ0v) is 15.7. The Morgan fingerprint density at radius 3 is 2.71 bits per heavy atom. The summed E-state index contributed by atoms with van der Waals surface area (Å²) in [5, 5.41) is 8.07. The summed E-state index contributed by atoms with van der Waals surface area (Å²) in [6.07, 6.45) is 0.112. The molecule has 1 aliphatic rings. The number of fused-ring (bicyclic) bond motifs is 1. The van der Waals surface area contributed by atoms with E-state index in [1.807, 2.05) is 31.2 Å². The molecule has 1 atom stereocenters. The molecule has 2 aromatic carbocycles. The fraction of sp³-hybridized carbons (Fsp3) is 0.286. The van der Waals surface area contributed by atoms with E-state index in [2.05, 4.69) is 10.2 Å². The van der Waals surface area contributed by atoms with Gasteiger partial charge in [0.2, 0.25) is 5.89 Å². The van der Waals surface area contributed by atoms with E-state index >= 15 is 0 Å². The van der Waals surface area contributed by atoms with Crippen LogP contribution in [0.4, 0.5) is 0 Å². The second-order valence-corrected chi connectivity index (χ2v) is 6.57. The maximum Gasteiger partial charge on any atom is 0.339 e. The van der Waals surface area contributed by atoms with Crippen LogP contribution in [0.2, 0.25) is 0 Å². The molecule has 0 radical (unpaired) electrons. The number of hydrogen-bond donors (Lipinski definition) is 0. The van der Waals surface area contributed by atoms with Crippen LogP contribution < -0.4 is 9.47 Å². The van der Waals surface area contributed by atoms with E-state index in [0.717, 1.165) is 17.5 Å². The van der Waals surface area contributed by atoms with Crippen molar-refractivity contribution in [1.82, 2.24) is 10.2 Å². The average Bonchev–Trinajstić information content (AvgIpc) is 3.07. The predicted octanol–water partition coefficient (Wildman–Crippen LogP) is 4.12. The third-order valence-corrected chi connectivity index (χ3v) is 4.32. The van der Waals surface area contributed by atoms with E-state index in [1.54, 1.807) is 25.1 Å². The van der Waals surface area contributed by atoms with Gasteiger partial charge in [0.15, 0.2) is 17.6 Å². The van der Waals surface area contributed by atoms with Crippen LogP contribution in [0.5, 0.6) is 11.5 Å². The van der Waals surface area contributed by atoms with Gasteiger partial charge in [-0.2, -0.15) is 0 Å². The fourth-order valence-electron chi connectivity index (χ4n) is 2.86. The molecule has 0 saturated carbocycles. The molecule has 7 heteroatoms. The molecule has 144 valence electrons. The number of nitrogens with zero attached hydrogens (tertiary/aromatic N) is 2. The van der Waals surface area contributed by atoms with Crippen LogP contribution >= 0.6 is 0 Å². The number of carbonyl (C=O) groups excluding carboxylic acids is 1. The first-order valence-electron chi connectivity index (χ1n) is 9.11. The Hall–Kier alpha value is -3.35. The van der Waals surface area contributed by atoms with E-state index in [1.165, 1.54) is 0 Å². The minimum atomic E-state index is -0.686. The molecule has 0 amide bonds. The second kappa shape index (κ2) is 7.72. The molecule has 0 aliphatic carbocycles. The zero-order valence-electron chi connectivity index (χ0n) is 15.7. The molecule has 0 spiro atoms. The summed E-state index contributed by atoms with van der Waals surface area (Å²) in [4.78, 5) is 12.5. The third kappa shape index (κ3) is 3.83. The van der Waals surface area contributed by atoms with Crippen molar-refractivity contribution >= 4 is 5.97 Å². The van der Waals surface area contributed by atoms with Crippen LogP contribution in [0.15, 0.2) is 46.9 Å². The lowest BCUT2D eigenvalue weighted by Gasteiger charge is -2.11. The molecule has 1 aliphatic heterocycles. The molecule has 3 aromatic rings. The van der Waals surface area contributed by atoms with Crippen molar-refractivity contribution in [3.05, 3.63) is 59.5 Å². The summed E-state index contributed by atoms with van der Waals surface area (Å²) in [7, 11) is 0. The number of carbonyl (C=O) groups is 1. The van der Waals surface area contributed by atoms with Crippen LogP contribution in [-0.4, -0.2) is 29.4 Å². The lowest BCUT2D eigenvalue weighted by molar-refractivity contribution is 0.0279. The Bertz CT molecular complexity index is 998. The molecule has 1 aromatic heterocycles. The molecule has 4 rings (SSSR count). The number of benzene rings is 2. The molecular formula is C21H20N2O5. The van der Waals surface area contributed by atoms with Crippen molar-refractivity contribution in [1.29, 1.82) is 0 Å². The normalized spacial score (nSPS) is 14.2. The highest BCUT2D eigenvalue weighted by Crippen LogP contribution is 2.31. The van der Waals surface area contributed by atoms with E-state index in [4.69, 9.17) is 18.6 Å². The lowest BCUT2D eigenvalue weighted by Crippen LogP contribution is -2.10. The number of esters is 1. The van der Waals surface area contributed by atoms with Crippen molar-refractivity contribution in [2.45, 2.75) is 26.4 Å². The van der Waals surface area contributed by atoms with E-state index in [9.17, 15) is 4.79 Å². The van der Waals surface area contributed by atoms with Crippen molar-refractivity contribution in [2.75, 3.05) is 13.2 Å². The summed E-state index contributed by atoms with van der Waals surface area (Å²) in [6.45, 7) is 4.81. The summed E-state index contributed by atoms with van der Waals surface area (Å²) in [5.41, 5.74) is 2.28. The summed E-state index contributed by atoms with van der Waals surface area (Å²) in [6, 6.07) is 12.7. The Balaban J connectivity index is 1.47. The van der Waals surface area contributed by atoms with Gasteiger partial charge in [-0.05, 0) is 44.2 Å². The maximum absolute atomic E-state index is 12.5. The molecule has 7 nitrogen and oxygen atoms in total. The Labute approximate surface area is 162 Å². The van der Waals surface area contributed by atoms with E-state index in [0.29, 0.717) is 36.2 Å². The molecule has 0 unspecified atom stereocenters. The summed E-state index contributed by atoms with van der Waals surface area (Å²) in [5.74, 6) is 1.29. The Morgan fingerprint density at radius 2 is 1.89 bits per heavy atom. The van der Waals surface area contributed by atoms with E-state index < -0.39 is 12.1 Å².